The molecule has 4 aromatic heterocycles. The van der Waals surface area contributed by atoms with Gasteiger partial charge in [-0.3, -0.25) is 9.48 Å². The molecular weight excluding hydrogens is 408 g/mol. The van der Waals surface area contributed by atoms with E-state index in [0.717, 1.165) is 16.3 Å². The molecule has 1 aromatic carbocycles. The molecule has 10 heteroatoms. The second-order valence-corrected chi connectivity index (χ2v) is 7.76. The van der Waals surface area contributed by atoms with E-state index in [2.05, 4.69) is 25.4 Å². The van der Waals surface area contributed by atoms with Crippen molar-refractivity contribution in [1.82, 2.24) is 39.3 Å². The summed E-state index contributed by atoms with van der Waals surface area (Å²) in [6.45, 7) is 5.23. The fourth-order valence-corrected chi connectivity index (χ4v) is 3.71. The van der Waals surface area contributed by atoms with E-state index >= 15 is 0 Å². The largest absolute Gasteiger partial charge is 0.383 e. The lowest BCUT2D eigenvalue weighted by molar-refractivity contribution is 0.185. The van der Waals surface area contributed by atoms with Gasteiger partial charge in [0.1, 0.15) is 12.0 Å². The third-order valence-electron chi connectivity index (χ3n) is 5.37. The van der Waals surface area contributed by atoms with E-state index in [0.29, 0.717) is 35.9 Å². The number of hydrogen-bond acceptors (Lipinski definition) is 7. The third-order valence-corrected chi connectivity index (χ3v) is 5.37. The lowest BCUT2D eigenvalue weighted by Gasteiger charge is -2.11. The first-order valence-electron chi connectivity index (χ1n) is 10.3. The first-order valence-corrected chi connectivity index (χ1v) is 10.3. The van der Waals surface area contributed by atoms with E-state index in [-0.39, 0.29) is 11.6 Å². The van der Waals surface area contributed by atoms with Crippen LogP contribution in [0.3, 0.4) is 0 Å². The summed E-state index contributed by atoms with van der Waals surface area (Å²) < 4.78 is 10.2. The Morgan fingerprint density at radius 3 is 2.75 bits per heavy atom. The monoisotopic (exact) mass is 430 g/mol. The first kappa shape index (κ1) is 20.0. The zero-order valence-corrected chi connectivity index (χ0v) is 18.0. The van der Waals surface area contributed by atoms with Gasteiger partial charge in [-0.2, -0.15) is 14.9 Å². The zero-order chi connectivity index (χ0) is 22.2. The average molecular weight is 430 g/mol. The smallest absolute Gasteiger partial charge is 0.280 e. The highest BCUT2D eigenvalue weighted by Crippen LogP contribution is 2.22. The molecule has 162 valence electrons. The number of rotatable bonds is 6. The predicted octanol–water partition coefficient (Wildman–Crippen LogP) is 2.62. The van der Waals surface area contributed by atoms with Gasteiger partial charge in [0.05, 0.1) is 36.4 Å². The van der Waals surface area contributed by atoms with Gasteiger partial charge in [0, 0.05) is 23.9 Å². The molecule has 5 aromatic rings. The highest BCUT2D eigenvalue weighted by molar-refractivity contribution is 5.95. The summed E-state index contributed by atoms with van der Waals surface area (Å²) in [7, 11) is 1.65. The van der Waals surface area contributed by atoms with E-state index in [1.165, 1.54) is 4.68 Å². The Kier molecular flexibility index (Phi) is 4.98. The molecule has 0 saturated heterocycles. The van der Waals surface area contributed by atoms with Crippen LogP contribution in [0.4, 0.5) is 0 Å². The number of pyridine rings is 1. The molecule has 0 N–H and O–H groups in total. The van der Waals surface area contributed by atoms with Crippen LogP contribution >= 0.6 is 0 Å². The molecule has 0 radical (unpaired) electrons. The van der Waals surface area contributed by atoms with Crippen LogP contribution in [0.2, 0.25) is 0 Å². The lowest BCUT2D eigenvalue weighted by atomic mass is 10.1. The maximum Gasteiger partial charge on any atom is 0.280 e. The summed E-state index contributed by atoms with van der Waals surface area (Å²) in [4.78, 5) is 18.0. The molecule has 0 saturated carbocycles. The van der Waals surface area contributed by atoms with Gasteiger partial charge in [0.15, 0.2) is 11.6 Å². The number of ether oxygens (including phenoxy) is 1. The Morgan fingerprint density at radius 2 is 1.94 bits per heavy atom. The van der Waals surface area contributed by atoms with Crippen LogP contribution in [0.25, 0.3) is 39.0 Å². The van der Waals surface area contributed by atoms with Crippen LogP contribution in [0.15, 0.2) is 53.8 Å². The van der Waals surface area contributed by atoms with Crippen molar-refractivity contribution >= 4 is 21.7 Å². The van der Waals surface area contributed by atoms with Gasteiger partial charge in [0.2, 0.25) is 0 Å². The quantitative estimate of drug-likeness (QED) is 0.408. The van der Waals surface area contributed by atoms with Gasteiger partial charge in [-0.15, -0.1) is 10.2 Å². The number of hydrogen-bond donors (Lipinski definition) is 0. The van der Waals surface area contributed by atoms with Gasteiger partial charge >= 0.3 is 0 Å². The maximum atomic E-state index is 13.4. The van der Waals surface area contributed by atoms with Crippen molar-refractivity contribution in [2.75, 3.05) is 13.7 Å². The number of benzene rings is 1. The summed E-state index contributed by atoms with van der Waals surface area (Å²) in [5.41, 5.74) is 1.24. The lowest BCUT2D eigenvalue weighted by Crippen LogP contribution is -2.22. The van der Waals surface area contributed by atoms with Crippen LogP contribution in [-0.4, -0.2) is 53.0 Å². The summed E-state index contributed by atoms with van der Waals surface area (Å²) in [6.07, 6.45) is 5.13. The van der Waals surface area contributed by atoms with Crippen LogP contribution in [0, 0.1) is 0 Å². The molecule has 4 heterocycles. The summed E-state index contributed by atoms with van der Waals surface area (Å²) >= 11 is 0. The van der Waals surface area contributed by atoms with E-state index < -0.39 is 0 Å². The molecule has 0 aliphatic rings. The van der Waals surface area contributed by atoms with E-state index in [1.54, 1.807) is 31.9 Å². The van der Waals surface area contributed by atoms with Crippen molar-refractivity contribution in [3.63, 3.8) is 0 Å². The van der Waals surface area contributed by atoms with Crippen molar-refractivity contribution in [2.24, 2.45) is 0 Å². The van der Waals surface area contributed by atoms with Crippen molar-refractivity contribution in [2.45, 2.75) is 26.4 Å². The fraction of sp³-hybridized carbons (Fsp3) is 0.273. The first-order chi connectivity index (χ1) is 15.6. The van der Waals surface area contributed by atoms with Crippen molar-refractivity contribution in [3.8, 4) is 17.3 Å². The summed E-state index contributed by atoms with van der Waals surface area (Å²) in [6, 6.07) is 9.38. The van der Waals surface area contributed by atoms with Gasteiger partial charge in [-0.25, -0.2) is 4.98 Å². The van der Waals surface area contributed by atoms with Crippen molar-refractivity contribution in [3.05, 3.63) is 59.4 Å². The molecule has 0 amide bonds. The highest BCUT2D eigenvalue weighted by atomic mass is 16.5. The van der Waals surface area contributed by atoms with Crippen LogP contribution < -0.4 is 5.56 Å². The summed E-state index contributed by atoms with van der Waals surface area (Å²) in [5, 5.41) is 19.2. The van der Waals surface area contributed by atoms with Gasteiger partial charge in [0.25, 0.3) is 5.56 Å². The summed E-state index contributed by atoms with van der Waals surface area (Å²) in [5.74, 6) is 1.06. The Hall–Kier alpha value is -3.92. The molecule has 10 nitrogen and oxygen atoms in total. The topological polar surface area (TPSA) is 106 Å². The minimum Gasteiger partial charge on any atom is -0.383 e. The van der Waals surface area contributed by atoms with Crippen LogP contribution in [0.5, 0.6) is 0 Å². The Bertz CT molecular complexity index is 1480. The highest BCUT2D eigenvalue weighted by Gasteiger charge is 2.15. The Morgan fingerprint density at radius 1 is 1.09 bits per heavy atom. The second-order valence-electron chi connectivity index (χ2n) is 7.76. The minimum atomic E-state index is -0.251. The number of aromatic nitrogens is 8. The maximum absolute atomic E-state index is 13.4. The number of fused-ring (bicyclic) bond motifs is 2. The molecule has 0 aliphatic heterocycles. The molecule has 0 aliphatic carbocycles. The Labute approximate surface area is 183 Å². The van der Waals surface area contributed by atoms with E-state index in [1.807, 2.05) is 47.4 Å². The number of methoxy groups -OCH3 is 1. The second kappa shape index (κ2) is 7.97. The molecule has 0 fully saturated rings. The standard InChI is InChI=1S/C22H22N8O2/c1-14(2)28-13-23-27-21(28)18-5-4-6-20(26-18)30-22(31)17-10-19-16(9-15(17)11-25-30)12-24-29(19)7-8-32-3/h4-6,9-14H,7-8H2,1-3H3. The predicted molar refractivity (Wildman–Crippen MR) is 120 cm³/mol. The molecule has 5 rings (SSSR count). The minimum absolute atomic E-state index is 0.178. The van der Waals surface area contributed by atoms with Crippen molar-refractivity contribution < 1.29 is 4.74 Å². The van der Waals surface area contributed by atoms with Crippen molar-refractivity contribution in [1.29, 1.82) is 0 Å². The number of nitrogens with zero attached hydrogens (tertiary/aromatic N) is 8. The molecule has 0 unspecified atom stereocenters. The van der Waals surface area contributed by atoms with E-state index in [9.17, 15) is 4.79 Å². The molecule has 0 atom stereocenters. The average Bonchev–Trinajstić information content (AvgIpc) is 3.44. The van der Waals surface area contributed by atoms with Gasteiger partial charge < -0.3 is 9.30 Å². The van der Waals surface area contributed by atoms with Gasteiger partial charge in [-0.05, 0) is 38.1 Å². The SMILES string of the molecule is COCCn1ncc2cc3cnn(-c4cccc(-c5nncn5C(C)C)n4)c(=O)c3cc21. The van der Waals surface area contributed by atoms with Crippen LogP contribution in [-0.2, 0) is 11.3 Å². The van der Waals surface area contributed by atoms with E-state index in [4.69, 9.17) is 4.74 Å². The molecule has 0 bridgehead atoms. The molecule has 0 spiro atoms. The molecule has 32 heavy (non-hydrogen) atoms. The Balaban J connectivity index is 1.63. The normalized spacial score (nSPS) is 11.8. The van der Waals surface area contributed by atoms with Gasteiger partial charge in [-0.1, -0.05) is 6.07 Å². The van der Waals surface area contributed by atoms with Crippen LogP contribution in [0.1, 0.15) is 19.9 Å². The third kappa shape index (κ3) is 3.34. The fourth-order valence-electron chi connectivity index (χ4n) is 3.71. The molecular formula is C22H22N8O2. The zero-order valence-electron chi connectivity index (χ0n) is 18.0.